The molecule has 3 heterocycles. The van der Waals surface area contributed by atoms with E-state index in [1.54, 1.807) is 23.9 Å². The summed E-state index contributed by atoms with van der Waals surface area (Å²) in [4.78, 5) is 18.5. The van der Waals surface area contributed by atoms with Crippen molar-refractivity contribution in [2.24, 2.45) is 7.05 Å². The standard InChI is InChI=1S/C25H23F2N3OS/c1-3-17-7-6-16(14-28-17)19-11-15-5-4-10-30(21(15)13-20(19)24(26)27)18-8-9-23-22(12-18)29(2)25(31)32-23/h6-9,11-14,24H,3-5,10H2,1-2H3. The maximum atomic E-state index is 14.1. The van der Waals surface area contributed by atoms with Crippen LogP contribution in [0.5, 0.6) is 0 Å². The molecule has 1 aliphatic heterocycles. The minimum absolute atomic E-state index is 0.0106. The van der Waals surface area contributed by atoms with Crippen molar-refractivity contribution in [1.29, 1.82) is 0 Å². The second-order valence-electron chi connectivity index (χ2n) is 8.09. The molecule has 32 heavy (non-hydrogen) atoms. The van der Waals surface area contributed by atoms with E-state index in [9.17, 15) is 13.6 Å². The Morgan fingerprint density at radius 3 is 2.72 bits per heavy atom. The van der Waals surface area contributed by atoms with Crippen molar-refractivity contribution < 1.29 is 8.78 Å². The first-order chi connectivity index (χ1) is 15.5. The van der Waals surface area contributed by atoms with Gasteiger partial charge in [0.15, 0.2) is 0 Å². The zero-order chi connectivity index (χ0) is 22.4. The van der Waals surface area contributed by atoms with Gasteiger partial charge in [-0.3, -0.25) is 9.78 Å². The molecule has 0 fully saturated rings. The number of alkyl halides is 2. The number of nitrogens with zero attached hydrogens (tertiary/aromatic N) is 3. The van der Waals surface area contributed by atoms with Crippen molar-refractivity contribution in [2.75, 3.05) is 11.4 Å². The fourth-order valence-electron chi connectivity index (χ4n) is 4.42. The van der Waals surface area contributed by atoms with E-state index in [-0.39, 0.29) is 10.4 Å². The number of hydrogen-bond donors (Lipinski definition) is 0. The molecule has 4 aromatic rings. The molecule has 2 aromatic heterocycles. The van der Waals surface area contributed by atoms with Gasteiger partial charge >= 0.3 is 4.87 Å². The highest BCUT2D eigenvalue weighted by Crippen LogP contribution is 2.41. The van der Waals surface area contributed by atoms with Gasteiger partial charge in [-0.25, -0.2) is 8.78 Å². The lowest BCUT2D eigenvalue weighted by Gasteiger charge is -2.32. The van der Waals surface area contributed by atoms with Crippen LogP contribution in [0.4, 0.5) is 20.2 Å². The van der Waals surface area contributed by atoms with Crippen LogP contribution in [-0.2, 0) is 19.9 Å². The highest BCUT2D eigenvalue weighted by atomic mass is 32.1. The van der Waals surface area contributed by atoms with E-state index >= 15 is 0 Å². The van der Waals surface area contributed by atoms with Crippen molar-refractivity contribution in [3.05, 3.63) is 75.1 Å². The van der Waals surface area contributed by atoms with Crippen LogP contribution in [0.15, 0.2) is 53.5 Å². The third kappa shape index (κ3) is 3.50. The van der Waals surface area contributed by atoms with Gasteiger partial charge in [0.1, 0.15) is 0 Å². The van der Waals surface area contributed by atoms with Gasteiger partial charge in [-0.2, -0.15) is 0 Å². The van der Waals surface area contributed by atoms with Crippen molar-refractivity contribution in [3.8, 4) is 11.1 Å². The molecule has 0 bridgehead atoms. The first-order valence-electron chi connectivity index (χ1n) is 10.7. The summed E-state index contributed by atoms with van der Waals surface area (Å²) >= 11 is 1.21. The average Bonchev–Trinajstić information content (AvgIpc) is 3.10. The summed E-state index contributed by atoms with van der Waals surface area (Å²) in [6.45, 7) is 2.76. The first-order valence-corrected chi connectivity index (χ1v) is 11.5. The Morgan fingerprint density at radius 1 is 1.16 bits per heavy atom. The molecule has 2 aromatic carbocycles. The number of hydrogen-bond acceptors (Lipinski definition) is 4. The number of benzene rings is 2. The number of anilines is 2. The molecule has 0 radical (unpaired) electrons. The van der Waals surface area contributed by atoms with E-state index in [1.807, 2.05) is 43.3 Å². The maximum absolute atomic E-state index is 14.1. The summed E-state index contributed by atoms with van der Waals surface area (Å²) in [5.41, 5.74) is 5.85. The van der Waals surface area contributed by atoms with Crippen LogP contribution in [-0.4, -0.2) is 16.1 Å². The van der Waals surface area contributed by atoms with Gasteiger partial charge in [0.05, 0.1) is 10.2 Å². The van der Waals surface area contributed by atoms with E-state index in [2.05, 4.69) is 9.88 Å². The molecule has 164 valence electrons. The lowest BCUT2D eigenvalue weighted by atomic mass is 9.92. The van der Waals surface area contributed by atoms with Crippen molar-refractivity contribution in [2.45, 2.75) is 32.6 Å². The van der Waals surface area contributed by atoms with Gasteiger partial charge in [-0.15, -0.1) is 0 Å². The minimum atomic E-state index is -2.59. The van der Waals surface area contributed by atoms with Crippen LogP contribution in [0.25, 0.3) is 21.3 Å². The Hall–Kier alpha value is -3.06. The number of aryl methyl sites for hydroxylation is 3. The Labute approximate surface area is 188 Å². The van der Waals surface area contributed by atoms with Gasteiger partial charge in [-0.1, -0.05) is 24.3 Å². The van der Waals surface area contributed by atoms with Gasteiger partial charge in [-0.05, 0) is 66.8 Å². The maximum Gasteiger partial charge on any atom is 0.307 e. The average molecular weight is 452 g/mol. The predicted octanol–water partition coefficient (Wildman–Crippen LogP) is 6.25. The zero-order valence-electron chi connectivity index (χ0n) is 17.9. The number of aromatic nitrogens is 2. The van der Waals surface area contributed by atoms with Crippen LogP contribution in [0.2, 0.25) is 0 Å². The lowest BCUT2D eigenvalue weighted by Crippen LogP contribution is -2.25. The van der Waals surface area contributed by atoms with Crippen LogP contribution in [0.3, 0.4) is 0 Å². The number of thiazole rings is 1. The van der Waals surface area contributed by atoms with E-state index in [0.29, 0.717) is 11.1 Å². The molecule has 0 N–H and O–H groups in total. The third-order valence-electron chi connectivity index (χ3n) is 6.19. The second-order valence-corrected chi connectivity index (χ2v) is 9.09. The van der Waals surface area contributed by atoms with Crippen molar-refractivity contribution in [1.82, 2.24) is 9.55 Å². The fraction of sp³-hybridized carbons (Fsp3) is 0.280. The summed E-state index contributed by atoms with van der Waals surface area (Å²) in [5, 5.41) is 0. The van der Waals surface area contributed by atoms with Gasteiger partial charge in [0.25, 0.3) is 6.43 Å². The van der Waals surface area contributed by atoms with Crippen LogP contribution < -0.4 is 9.77 Å². The highest BCUT2D eigenvalue weighted by molar-refractivity contribution is 7.16. The molecule has 5 rings (SSSR count). The SMILES string of the molecule is CCc1ccc(-c2cc3c(cc2C(F)F)N(c2ccc4sc(=O)n(C)c4c2)CCC3)cn1. The molecule has 1 aliphatic rings. The molecule has 0 amide bonds. The van der Waals surface area contributed by atoms with E-state index in [4.69, 9.17) is 0 Å². The Kier molecular flexibility index (Phi) is 5.29. The smallest absolute Gasteiger partial charge is 0.307 e. The zero-order valence-corrected chi connectivity index (χ0v) is 18.8. The largest absolute Gasteiger partial charge is 0.341 e. The first kappa shape index (κ1) is 20.8. The summed E-state index contributed by atoms with van der Waals surface area (Å²) in [6, 6.07) is 13.2. The third-order valence-corrected chi connectivity index (χ3v) is 7.20. The number of rotatable bonds is 4. The molecule has 0 atom stereocenters. The molecule has 0 aliphatic carbocycles. The summed E-state index contributed by atoms with van der Waals surface area (Å²) in [7, 11) is 1.76. The molecule has 7 heteroatoms. The Bertz CT molecular complexity index is 1360. The molecule has 0 saturated heterocycles. The van der Waals surface area contributed by atoms with E-state index in [1.165, 1.54) is 11.3 Å². The minimum Gasteiger partial charge on any atom is -0.341 e. The molecular formula is C25H23F2N3OS. The Morgan fingerprint density at radius 2 is 2.00 bits per heavy atom. The van der Waals surface area contributed by atoms with Crippen molar-refractivity contribution >= 4 is 32.9 Å². The van der Waals surface area contributed by atoms with Crippen LogP contribution >= 0.6 is 11.3 Å². The number of fused-ring (bicyclic) bond motifs is 2. The number of pyridine rings is 1. The Balaban J connectivity index is 1.63. The van der Waals surface area contributed by atoms with Gasteiger partial charge < -0.3 is 9.47 Å². The molecule has 4 nitrogen and oxygen atoms in total. The van der Waals surface area contributed by atoms with Gasteiger partial charge in [0, 0.05) is 48.0 Å². The monoisotopic (exact) mass is 451 g/mol. The van der Waals surface area contributed by atoms with E-state index in [0.717, 1.165) is 58.7 Å². The lowest BCUT2D eigenvalue weighted by molar-refractivity contribution is 0.152. The summed E-state index contributed by atoms with van der Waals surface area (Å²) in [5.74, 6) is 0. The van der Waals surface area contributed by atoms with Crippen LogP contribution in [0, 0.1) is 0 Å². The van der Waals surface area contributed by atoms with Crippen molar-refractivity contribution in [3.63, 3.8) is 0 Å². The predicted molar refractivity (Wildman–Crippen MR) is 126 cm³/mol. The number of halogens is 2. The normalized spacial score (nSPS) is 13.7. The molecule has 0 spiro atoms. The van der Waals surface area contributed by atoms with E-state index < -0.39 is 6.43 Å². The highest BCUT2D eigenvalue weighted by Gasteiger charge is 2.24. The quantitative estimate of drug-likeness (QED) is 0.368. The fourth-order valence-corrected chi connectivity index (χ4v) is 5.28. The molecular weight excluding hydrogens is 428 g/mol. The topological polar surface area (TPSA) is 38.1 Å². The molecule has 0 unspecified atom stereocenters. The van der Waals surface area contributed by atoms with Crippen LogP contribution in [0.1, 0.15) is 36.6 Å². The second kappa shape index (κ2) is 8.13. The summed E-state index contributed by atoms with van der Waals surface area (Å²) in [6.07, 6.45) is 1.67. The van der Waals surface area contributed by atoms with Gasteiger partial charge in [0.2, 0.25) is 0 Å². The summed E-state index contributed by atoms with van der Waals surface area (Å²) < 4.78 is 30.8. The molecule has 0 saturated carbocycles.